The minimum absolute atomic E-state index is 0.0605. The van der Waals surface area contributed by atoms with Gasteiger partial charge in [0.1, 0.15) is 12.1 Å². The Morgan fingerprint density at radius 1 is 1.40 bits per heavy atom. The first kappa shape index (κ1) is 13.1. The minimum Gasteiger partial charge on any atom is -0.481 e. The summed E-state index contributed by atoms with van der Waals surface area (Å²) in [6.45, 7) is 1.64. The molecule has 108 valence electrons. The lowest BCUT2D eigenvalue weighted by Gasteiger charge is -2.32. The quantitative estimate of drug-likeness (QED) is 0.888. The number of hydrogen-bond donors (Lipinski definition) is 1. The van der Waals surface area contributed by atoms with E-state index in [-0.39, 0.29) is 11.8 Å². The Morgan fingerprint density at radius 2 is 2.25 bits per heavy atom. The van der Waals surface area contributed by atoms with E-state index in [1.54, 1.807) is 7.11 Å². The van der Waals surface area contributed by atoms with Crippen LogP contribution in [-0.4, -0.2) is 42.1 Å². The molecule has 1 saturated carbocycles. The fourth-order valence-electron chi connectivity index (χ4n) is 2.56. The predicted molar refractivity (Wildman–Crippen MR) is 74.7 cm³/mol. The molecule has 2 heterocycles. The van der Waals surface area contributed by atoms with Gasteiger partial charge in [-0.1, -0.05) is 0 Å². The van der Waals surface area contributed by atoms with E-state index in [9.17, 15) is 4.79 Å². The molecule has 1 unspecified atom stereocenters. The molecule has 1 amide bonds. The average Bonchev–Trinajstić information content (AvgIpc) is 3.31. The highest BCUT2D eigenvalue weighted by Gasteiger charge is 2.30. The van der Waals surface area contributed by atoms with Crippen molar-refractivity contribution >= 4 is 11.7 Å². The second-order valence-corrected chi connectivity index (χ2v) is 5.49. The van der Waals surface area contributed by atoms with Gasteiger partial charge in [-0.3, -0.25) is 4.79 Å². The van der Waals surface area contributed by atoms with Crippen molar-refractivity contribution in [2.45, 2.75) is 31.7 Å². The summed E-state index contributed by atoms with van der Waals surface area (Å²) in [7, 11) is 1.59. The van der Waals surface area contributed by atoms with Gasteiger partial charge in [0.05, 0.1) is 13.0 Å². The SMILES string of the molecule is COc1cc(N2CCCC(C(=O)NC3CC3)C2)ncn1. The molecule has 0 spiro atoms. The Balaban J connectivity index is 1.65. The Kier molecular flexibility index (Phi) is 3.71. The first-order valence-corrected chi connectivity index (χ1v) is 7.17. The standard InChI is InChI=1S/C14H20N4O2/c1-20-13-7-12(15-9-16-13)18-6-2-3-10(8-18)14(19)17-11-4-5-11/h7,9-11H,2-6,8H2,1H3,(H,17,19). The summed E-state index contributed by atoms with van der Waals surface area (Å²) < 4.78 is 5.12. The van der Waals surface area contributed by atoms with Crippen LogP contribution in [0.4, 0.5) is 5.82 Å². The van der Waals surface area contributed by atoms with E-state index in [4.69, 9.17) is 4.74 Å². The van der Waals surface area contributed by atoms with Crippen molar-refractivity contribution in [2.24, 2.45) is 5.92 Å². The zero-order chi connectivity index (χ0) is 13.9. The number of hydrogen-bond acceptors (Lipinski definition) is 5. The molecular formula is C14H20N4O2. The van der Waals surface area contributed by atoms with Crippen molar-refractivity contribution in [1.82, 2.24) is 15.3 Å². The van der Waals surface area contributed by atoms with Gasteiger partial charge in [0.25, 0.3) is 0 Å². The zero-order valence-electron chi connectivity index (χ0n) is 11.7. The Hall–Kier alpha value is -1.85. The number of ether oxygens (including phenoxy) is 1. The molecule has 6 nitrogen and oxygen atoms in total. The van der Waals surface area contributed by atoms with Gasteiger partial charge in [-0.15, -0.1) is 0 Å². The van der Waals surface area contributed by atoms with E-state index >= 15 is 0 Å². The second kappa shape index (κ2) is 5.64. The van der Waals surface area contributed by atoms with Crippen LogP contribution in [0.2, 0.25) is 0 Å². The molecule has 6 heteroatoms. The van der Waals surface area contributed by atoms with Crippen LogP contribution in [0.3, 0.4) is 0 Å². The van der Waals surface area contributed by atoms with Gasteiger partial charge >= 0.3 is 0 Å². The average molecular weight is 276 g/mol. The number of amides is 1. The van der Waals surface area contributed by atoms with Crippen molar-refractivity contribution in [3.05, 3.63) is 12.4 Å². The summed E-state index contributed by atoms with van der Waals surface area (Å²) in [6, 6.07) is 2.25. The fraction of sp³-hybridized carbons (Fsp3) is 0.643. The fourth-order valence-corrected chi connectivity index (χ4v) is 2.56. The van der Waals surface area contributed by atoms with E-state index in [0.29, 0.717) is 11.9 Å². The summed E-state index contributed by atoms with van der Waals surface area (Å²) in [5.41, 5.74) is 0. The molecule has 1 aromatic rings. The highest BCUT2D eigenvalue weighted by molar-refractivity contribution is 5.80. The number of nitrogens with zero attached hydrogens (tertiary/aromatic N) is 3. The molecule has 0 radical (unpaired) electrons. The van der Waals surface area contributed by atoms with Crippen molar-refractivity contribution in [2.75, 3.05) is 25.1 Å². The third kappa shape index (κ3) is 3.00. The maximum Gasteiger partial charge on any atom is 0.225 e. The van der Waals surface area contributed by atoms with Gasteiger partial charge in [-0.2, -0.15) is 0 Å². The molecule has 1 saturated heterocycles. The van der Waals surface area contributed by atoms with Crippen LogP contribution in [-0.2, 0) is 4.79 Å². The molecule has 20 heavy (non-hydrogen) atoms. The molecule has 2 fully saturated rings. The Morgan fingerprint density at radius 3 is 3.00 bits per heavy atom. The Bertz CT molecular complexity index is 490. The van der Waals surface area contributed by atoms with Crippen molar-refractivity contribution in [1.29, 1.82) is 0 Å². The normalized spacial score (nSPS) is 22.4. The van der Waals surface area contributed by atoms with Gasteiger partial charge < -0.3 is 15.0 Å². The van der Waals surface area contributed by atoms with Crippen LogP contribution >= 0.6 is 0 Å². The van der Waals surface area contributed by atoms with Crippen LogP contribution in [0.25, 0.3) is 0 Å². The smallest absolute Gasteiger partial charge is 0.225 e. The molecule has 1 atom stereocenters. The van der Waals surface area contributed by atoms with Crippen LogP contribution in [0.15, 0.2) is 12.4 Å². The number of methoxy groups -OCH3 is 1. The third-order valence-corrected chi connectivity index (χ3v) is 3.88. The maximum atomic E-state index is 12.2. The number of carbonyl (C=O) groups excluding carboxylic acids is 1. The van der Waals surface area contributed by atoms with Crippen LogP contribution in [0, 0.1) is 5.92 Å². The summed E-state index contributed by atoms with van der Waals surface area (Å²) in [5.74, 6) is 1.64. The molecule has 1 N–H and O–H groups in total. The highest BCUT2D eigenvalue weighted by atomic mass is 16.5. The number of anilines is 1. The molecule has 1 aliphatic heterocycles. The molecule has 2 aliphatic rings. The van der Waals surface area contributed by atoms with Crippen LogP contribution in [0.5, 0.6) is 5.88 Å². The summed E-state index contributed by atoms with van der Waals surface area (Å²) in [6.07, 6.45) is 5.73. The monoisotopic (exact) mass is 276 g/mol. The van der Waals surface area contributed by atoms with Crippen molar-refractivity contribution in [3.63, 3.8) is 0 Å². The second-order valence-electron chi connectivity index (χ2n) is 5.49. The lowest BCUT2D eigenvalue weighted by molar-refractivity contribution is -0.125. The van der Waals surface area contributed by atoms with E-state index in [0.717, 1.165) is 44.6 Å². The van der Waals surface area contributed by atoms with Gasteiger partial charge in [-0.25, -0.2) is 9.97 Å². The molecule has 1 aromatic heterocycles. The summed E-state index contributed by atoms with van der Waals surface area (Å²) >= 11 is 0. The first-order chi connectivity index (χ1) is 9.76. The maximum absolute atomic E-state index is 12.2. The minimum atomic E-state index is 0.0605. The molecule has 1 aliphatic carbocycles. The molecular weight excluding hydrogens is 256 g/mol. The van der Waals surface area contributed by atoms with E-state index in [2.05, 4.69) is 20.2 Å². The molecule has 0 bridgehead atoms. The lowest BCUT2D eigenvalue weighted by atomic mass is 9.97. The number of rotatable bonds is 4. The van der Waals surface area contributed by atoms with Crippen molar-refractivity contribution in [3.8, 4) is 5.88 Å². The van der Waals surface area contributed by atoms with Gasteiger partial charge in [0.15, 0.2) is 0 Å². The van der Waals surface area contributed by atoms with Gasteiger partial charge in [0.2, 0.25) is 11.8 Å². The van der Waals surface area contributed by atoms with E-state index in [1.807, 2.05) is 6.07 Å². The Labute approximate surface area is 118 Å². The highest BCUT2D eigenvalue weighted by Crippen LogP contribution is 2.25. The van der Waals surface area contributed by atoms with Gasteiger partial charge in [0, 0.05) is 25.2 Å². The zero-order valence-corrected chi connectivity index (χ0v) is 11.7. The third-order valence-electron chi connectivity index (χ3n) is 3.88. The lowest BCUT2D eigenvalue weighted by Crippen LogP contribution is -2.44. The molecule has 0 aromatic carbocycles. The largest absolute Gasteiger partial charge is 0.481 e. The predicted octanol–water partition coefficient (Wildman–Crippen LogP) is 0.980. The van der Waals surface area contributed by atoms with E-state index < -0.39 is 0 Å². The van der Waals surface area contributed by atoms with Gasteiger partial charge in [-0.05, 0) is 25.7 Å². The number of piperidine rings is 1. The molecule has 3 rings (SSSR count). The number of nitrogens with one attached hydrogen (secondary N) is 1. The first-order valence-electron chi connectivity index (χ1n) is 7.17. The summed E-state index contributed by atoms with van der Waals surface area (Å²) in [5, 5.41) is 3.10. The van der Waals surface area contributed by atoms with Crippen LogP contribution in [0.1, 0.15) is 25.7 Å². The topological polar surface area (TPSA) is 67.3 Å². The van der Waals surface area contributed by atoms with E-state index in [1.165, 1.54) is 6.33 Å². The van der Waals surface area contributed by atoms with Crippen LogP contribution < -0.4 is 15.0 Å². The number of aromatic nitrogens is 2. The number of carbonyl (C=O) groups is 1. The van der Waals surface area contributed by atoms with Crippen molar-refractivity contribution < 1.29 is 9.53 Å². The summed E-state index contributed by atoms with van der Waals surface area (Å²) in [4.78, 5) is 22.6.